The predicted molar refractivity (Wildman–Crippen MR) is 81.2 cm³/mol. The van der Waals surface area contributed by atoms with Crippen molar-refractivity contribution in [3.8, 4) is 11.3 Å². The molecular weight excluding hydrogens is 304 g/mol. The molecule has 0 bridgehead atoms. The van der Waals surface area contributed by atoms with Gasteiger partial charge < -0.3 is 9.73 Å². The van der Waals surface area contributed by atoms with Crippen molar-refractivity contribution in [2.75, 3.05) is 13.1 Å². The summed E-state index contributed by atoms with van der Waals surface area (Å²) >= 11 is 3.49. The van der Waals surface area contributed by atoms with Crippen LogP contribution in [0.3, 0.4) is 0 Å². The second-order valence-electron chi connectivity index (χ2n) is 4.53. The van der Waals surface area contributed by atoms with Crippen LogP contribution in [0.5, 0.6) is 0 Å². The Balaban J connectivity index is 2.06. The maximum atomic E-state index is 5.83. The highest BCUT2D eigenvalue weighted by Gasteiger charge is 2.09. The molecule has 1 heterocycles. The van der Waals surface area contributed by atoms with E-state index in [4.69, 9.17) is 4.42 Å². The first kappa shape index (κ1) is 14.3. The number of rotatable bonds is 6. The van der Waals surface area contributed by atoms with Crippen molar-refractivity contribution < 1.29 is 4.42 Å². The average molecular weight is 323 g/mol. The molecule has 0 aliphatic carbocycles. The average Bonchev–Trinajstić information content (AvgIpc) is 2.86. The molecule has 0 saturated heterocycles. The number of nitrogens with one attached hydrogen (secondary N) is 1. The van der Waals surface area contributed by atoms with Crippen LogP contribution >= 0.6 is 15.9 Å². The van der Waals surface area contributed by atoms with Gasteiger partial charge in [-0.15, -0.1) is 0 Å². The number of benzene rings is 1. The quantitative estimate of drug-likeness (QED) is 0.818. The second-order valence-corrected chi connectivity index (χ2v) is 5.45. The summed E-state index contributed by atoms with van der Waals surface area (Å²) < 4.78 is 6.88. The first-order chi connectivity index (χ1) is 9.20. The van der Waals surface area contributed by atoms with Gasteiger partial charge in [-0.1, -0.05) is 28.9 Å². The Bertz CT molecular complexity index is 537. The summed E-state index contributed by atoms with van der Waals surface area (Å²) in [4.78, 5) is 4.35. The third kappa shape index (κ3) is 3.91. The SMILES string of the molecule is CCNCCCc1ncc(-c2cc(Br)ccc2C)o1. The van der Waals surface area contributed by atoms with Crippen LogP contribution in [0.2, 0.25) is 0 Å². The molecule has 1 N–H and O–H groups in total. The summed E-state index contributed by atoms with van der Waals surface area (Å²) in [5.41, 5.74) is 2.29. The summed E-state index contributed by atoms with van der Waals surface area (Å²) in [5.74, 6) is 1.66. The molecular formula is C15H19BrN2O. The van der Waals surface area contributed by atoms with Crippen LogP contribution in [-0.4, -0.2) is 18.1 Å². The van der Waals surface area contributed by atoms with Gasteiger partial charge in [0.05, 0.1) is 6.20 Å². The molecule has 2 rings (SSSR count). The minimum Gasteiger partial charge on any atom is -0.441 e. The normalized spacial score (nSPS) is 10.9. The molecule has 0 atom stereocenters. The monoisotopic (exact) mass is 322 g/mol. The van der Waals surface area contributed by atoms with Crippen molar-refractivity contribution in [2.24, 2.45) is 0 Å². The molecule has 19 heavy (non-hydrogen) atoms. The number of aromatic nitrogens is 1. The molecule has 1 aromatic heterocycles. The van der Waals surface area contributed by atoms with Crippen LogP contribution in [0.15, 0.2) is 33.3 Å². The van der Waals surface area contributed by atoms with E-state index in [-0.39, 0.29) is 0 Å². The van der Waals surface area contributed by atoms with Crippen molar-refractivity contribution in [1.29, 1.82) is 0 Å². The van der Waals surface area contributed by atoms with Crippen molar-refractivity contribution >= 4 is 15.9 Å². The predicted octanol–water partition coefficient (Wildman–Crippen LogP) is 3.95. The zero-order chi connectivity index (χ0) is 13.7. The fourth-order valence-corrected chi connectivity index (χ4v) is 2.31. The molecule has 3 nitrogen and oxygen atoms in total. The van der Waals surface area contributed by atoms with Crippen LogP contribution in [0, 0.1) is 6.92 Å². The van der Waals surface area contributed by atoms with Crippen LogP contribution in [0.1, 0.15) is 24.8 Å². The molecule has 0 fully saturated rings. The Kier molecular flexibility index (Phi) is 5.16. The van der Waals surface area contributed by atoms with Gasteiger partial charge in [-0.2, -0.15) is 0 Å². The third-order valence-electron chi connectivity index (χ3n) is 3.01. The largest absolute Gasteiger partial charge is 0.441 e. The highest BCUT2D eigenvalue weighted by Crippen LogP contribution is 2.27. The first-order valence-electron chi connectivity index (χ1n) is 6.62. The van der Waals surface area contributed by atoms with Crippen LogP contribution < -0.4 is 5.32 Å². The number of aryl methyl sites for hydroxylation is 2. The molecule has 1 aromatic carbocycles. The minimum absolute atomic E-state index is 0.812. The topological polar surface area (TPSA) is 38.1 Å². The highest BCUT2D eigenvalue weighted by molar-refractivity contribution is 9.10. The summed E-state index contributed by atoms with van der Waals surface area (Å²) in [5, 5.41) is 3.30. The van der Waals surface area contributed by atoms with Crippen molar-refractivity contribution in [3.63, 3.8) is 0 Å². The Morgan fingerprint density at radius 2 is 2.21 bits per heavy atom. The summed E-state index contributed by atoms with van der Waals surface area (Å²) in [6.07, 6.45) is 3.74. The van der Waals surface area contributed by atoms with Crippen molar-refractivity contribution in [1.82, 2.24) is 10.3 Å². The molecule has 0 spiro atoms. The number of oxazole rings is 1. The lowest BCUT2D eigenvalue weighted by molar-refractivity contribution is 0.493. The van der Waals surface area contributed by atoms with E-state index in [1.165, 1.54) is 5.56 Å². The van der Waals surface area contributed by atoms with Gasteiger partial charge in [0.15, 0.2) is 11.7 Å². The summed E-state index contributed by atoms with van der Waals surface area (Å²) in [7, 11) is 0. The summed E-state index contributed by atoms with van der Waals surface area (Å²) in [6, 6.07) is 6.18. The number of hydrogen-bond donors (Lipinski definition) is 1. The Morgan fingerprint density at radius 1 is 1.37 bits per heavy atom. The molecule has 0 saturated carbocycles. The van der Waals surface area contributed by atoms with E-state index in [0.717, 1.165) is 47.6 Å². The fourth-order valence-electron chi connectivity index (χ4n) is 1.95. The van der Waals surface area contributed by atoms with Gasteiger partial charge >= 0.3 is 0 Å². The van der Waals surface area contributed by atoms with Gasteiger partial charge in [0, 0.05) is 16.5 Å². The lowest BCUT2D eigenvalue weighted by atomic mass is 10.1. The van der Waals surface area contributed by atoms with Crippen LogP contribution in [0.4, 0.5) is 0 Å². The molecule has 0 aliphatic heterocycles. The Labute approximate surface area is 122 Å². The van der Waals surface area contributed by atoms with Gasteiger partial charge in [0.2, 0.25) is 0 Å². The Hall–Kier alpha value is -1.13. The molecule has 0 amide bonds. The lowest BCUT2D eigenvalue weighted by Gasteiger charge is -2.02. The van der Waals surface area contributed by atoms with Crippen LogP contribution in [0.25, 0.3) is 11.3 Å². The number of nitrogens with zero attached hydrogens (tertiary/aromatic N) is 1. The lowest BCUT2D eigenvalue weighted by Crippen LogP contribution is -2.14. The standard InChI is InChI=1S/C15H19BrN2O/c1-3-17-8-4-5-15-18-10-14(19-15)13-9-12(16)7-6-11(13)2/h6-7,9-10,17H,3-5,8H2,1-2H3. The molecule has 4 heteroatoms. The van der Waals surface area contributed by atoms with E-state index < -0.39 is 0 Å². The third-order valence-corrected chi connectivity index (χ3v) is 3.51. The maximum absolute atomic E-state index is 5.83. The van der Waals surface area contributed by atoms with Gasteiger partial charge in [-0.25, -0.2) is 4.98 Å². The summed E-state index contributed by atoms with van der Waals surface area (Å²) in [6.45, 7) is 6.20. The maximum Gasteiger partial charge on any atom is 0.194 e. The van der Waals surface area contributed by atoms with Crippen LogP contribution in [-0.2, 0) is 6.42 Å². The van der Waals surface area contributed by atoms with E-state index >= 15 is 0 Å². The van der Waals surface area contributed by atoms with E-state index in [1.807, 2.05) is 12.3 Å². The molecule has 102 valence electrons. The van der Waals surface area contributed by atoms with Crippen molar-refractivity contribution in [3.05, 3.63) is 40.3 Å². The van der Waals surface area contributed by atoms with Crippen molar-refractivity contribution in [2.45, 2.75) is 26.7 Å². The Morgan fingerprint density at radius 3 is 3.00 bits per heavy atom. The minimum atomic E-state index is 0.812. The highest BCUT2D eigenvalue weighted by atomic mass is 79.9. The van der Waals surface area contributed by atoms with E-state index in [2.05, 4.69) is 52.2 Å². The second kappa shape index (κ2) is 6.87. The van der Waals surface area contributed by atoms with Gasteiger partial charge in [-0.3, -0.25) is 0 Å². The van der Waals surface area contributed by atoms with Gasteiger partial charge in [0.1, 0.15) is 0 Å². The zero-order valence-corrected chi connectivity index (χ0v) is 13.0. The number of hydrogen-bond acceptors (Lipinski definition) is 3. The number of halogens is 1. The zero-order valence-electron chi connectivity index (χ0n) is 11.4. The van der Waals surface area contributed by atoms with E-state index in [9.17, 15) is 0 Å². The molecule has 0 aliphatic rings. The fraction of sp³-hybridized carbons (Fsp3) is 0.400. The molecule has 0 unspecified atom stereocenters. The van der Waals surface area contributed by atoms with Gasteiger partial charge in [0.25, 0.3) is 0 Å². The molecule has 2 aromatic rings. The van der Waals surface area contributed by atoms with E-state index in [1.54, 1.807) is 0 Å². The molecule has 0 radical (unpaired) electrons. The van der Waals surface area contributed by atoms with Gasteiger partial charge in [-0.05, 0) is 44.1 Å². The first-order valence-corrected chi connectivity index (χ1v) is 7.42. The smallest absolute Gasteiger partial charge is 0.194 e. The van der Waals surface area contributed by atoms with E-state index in [0.29, 0.717) is 0 Å².